The zero-order valence-corrected chi connectivity index (χ0v) is 13.7. The van der Waals surface area contributed by atoms with E-state index in [0.717, 1.165) is 24.3 Å². The number of anilines is 1. The van der Waals surface area contributed by atoms with Gasteiger partial charge >= 0.3 is 0 Å². The molecular formula is C17H19N5O2. The molecule has 0 aliphatic heterocycles. The second kappa shape index (κ2) is 5.74. The lowest BCUT2D eigenvalue weighted by Crippen LogP contribution is -2.15. The molecule has 0 atom stereocenters. The maximum Gasteiger partial charge on any atom is 0.261 e. The first kappa shape index (κ1) is 14.9. The molecule has 0 unspecified atom stereocenters. The van der Waals surface area contributed by atoms with E-state index in [9.17, 15) is 4.79 Å². The molecule has 1 aliphatic carbocycles. The van der Waals surface area contributed by atoms with E-state index in [0.29, 0.717) is 35.0 Å². The van der Waals surface area contributed by atoms with Crippen LogP contribution in [-0.4, -0.2) is 25.7 Å². The Labute approximate surface area is 139 Å². The highest BCUT2D eigenvalue weighted by atomic mass is 16.5. The zero-order chi connectivity index (χ0) is 16.7. The Balaban J connectivity index is 1.64. The SMILES string of the molecule is CCc1onc(C)c1C(=O)Nc1ccc2nnc(C3CCC3)n2c1. The van der Waals surface area contributed by atoms with E-state index in [-0.39, 0.29) is 5.91 Å². The fraction of sp³-hybridized carbons (Fsp3) is 0.412. The van der Waals surface area contributed by atoms with Gasteiger partial charge in [-0.25, -0.2) is 0 Å². The Kier molecular flexibility index (Phi) is 3.55. The van der Waals surface area contributed by atoms with Crippen LogP contribution in [0, 0.1) is 6.92 Å². The smallest absolute Gasteiger partial charge is 0.261 e. The number of fused-ring (bicyclic) bond motifs is 1. The fourth-order valence-corrected chi connectivity index (χ4v) is 3.07. The van der Waals surface area contributed by atoms with E-state index in [2.05, 4.69) is 20.7 Å². The van der Waals surface area contributed by atoms with Crippen molar-refractivity contribution in [3.05, 3.63) is 41.2 Å². The van der Waals surface area contributed by atoms with E-state index >= 15 is 0 Å². The first-order valence-corrected chi connectivity index (χ1v) is 8.28. The van der Waals surface area contributed by atoms with Crippen LogP contribution in [0.2, 0.25) is 0 Å². The molecule has 3 aromatic heterocycles. The molecule has 3 heterocycles. The monoisotopic (exact) mass is 325 g/mol. The predicted octanol–water partition coefficient (Wildman–Crippen LogP) is 3.11. The summed E-state index contributed by atoms with van der Waals surface area (Å²) >= 11 is 0. The van der Waals surface area contributed by atoms with Gasteiger partial charge in [0.2, 0.25) is 0 Å². The number of aromatic nitrogens is 4. The summed E-state index contributed by atoms with van der Waals surface area (Å²) in [7, 11) is 0. The molecule has 7 heteroatoms. The molecule has 0 saturated heterocycles. The summed E-state index contributed by atoms with van der Waals surface area (Å²) in [5.74, 6) is 1.84. The van der Waals surface area contributed by atoms with Gasteiger partial charge in [-0.15, -0.1) is 10.2 Å². The van der Waals surface area contributed by atoms with Crippen molar-refractivity contribution in [2.45, 2.75) is 45.4 Å². The van der Waals surface area contributed by atoms with E-state index in [4.69, 9.17) is 4.52 Å². The number of nitrogens with one attached hydrogen (secondary N) is 1. The van der Waals surface area contributed by atoms with Crippen molar-refractivity contribution in [1.82, 2.24) is 19.8 Å². The van der Waals surface area contributed by atoms with E-state index in [1.165, 1.54) is 6.42 Å². The van der Waals surface area contributed by atoms with Crippen molar-refractivity contribution >= 4 is 17.2 Å². The van der Waals surface area contributed by atoms with Crippen molar-refractivity contribution in [1.29, 1.82) is 0 Å². The van der Waals surface area contributed by atoms with Gasteiger partial charge in [0.15, 0.2) is 5.65 Å². The zero-order valence-electron chi connectivity index (χ0n) is 13.7. The average molecular weight is 325 g/mol. The standard InChI is InChI=1S/C17H19N5O2/c1-3-13-15(10(2)21-24-13)17(23)18-12-7-8-14-19-20-16(22(14)9-12)11-5-4-6-11/h7-9,11H,3-6H2,1-2H3,(H,18,23). The summed E-state index contributed by atoms with van der Waals surface area (Å²) in [4.78, 5) is 12.6. The number of nitrogens with zero attached hydrogens (tertiary/aromatic N) is 4. The van der Waals surface area contributed by atoms with Crippen LogP contribution in [0.5, 0.6) is 0 Å². The second-order valence-electron chi connectivity index (χ2n) is 6.21. The molecule has 1 fully saturated rings. The lowest BCUT2D eigenvalue weighted by molar-refractivity contribution is 0.102. The Bertz CT molecular complexity index is 907. The van der Waals surface area contributed by atoms with Crippen LogP contribution in [-0.2, 0) is 6.42 Å². The van der Waals surface area contributed by atoms with Gasteiger partial charge in [-0.2, -0.15) is 0 Å². The Hall–Kier alpha value is -2.70. The maximum atomic E-state index is 12.6. The Morgan fingerprint density at radius 1 is 1.38 bits per heavy atom. The highest BCUT2D eigenvalue weighted by Gasteiger charge is 2.25. The third-order valence-corrected chi connectivity index (χ3v) is 4.64. The van der Waals surface area contributed by atoms with Crippen LogP contribution < -0.4 is 5.32 Å². The largest absolute Gasteiger partial charge is 0.360 e. The van der Waals surface area contributed by atoms with Crippen molar-refractivity contribution in [2.75, 3.05) is 5.32 Å². The van der Waals surface area contributed by atoms with Crippen molar-refractivity contribution < 1.29 is 9.32 Å². The topological polar surface area (TPSA) is 85.3 Å². The average Bonchev–Trinajstić information content (AvgIpc) is 3.09. The fourth-order valence-electron chi connectivity index (χ4n) is 3.07. The van der Waals surface area contributed by atoms with Crippen molar-refractivity contribution in [2.24, 2.45) is 0 Å². The van der Waals surface area contributed by atoms with Crippen molar-refractivity contribution in [3.63, 3.8) is 0 Å². The molecule has 24 heavy (non-hydrogen) atoms. The number of carbonyl (C=O) groups excluding carboxylic acids is 1. The summed E-state index contributed by atoms with van der Waals surface area (Å²) in [5, 5.41) is 15.3. The molecule has 0 radical (unpaired) electrons. The van der Waals surface area contributed by atoms with Gasteiger partial charge < -0.3 is 9.84 Å². The van der Waals surface area contributed by atoms with Crippen LogP contribution in [0.15, 0.2) is 22.9 Å². The maximum absolute atomic E-state index is 12.6. The lowest BCUT2D eigenvalue weighted by atomic mass is 9.85. The first-order chi connectivity index (χ1) is 11.7. The lowest BCUT2D eigenvalue weighted by Gasteiger charge is -2.23. The minimum Gasteiger partial charge on any atom is -0.360 e. The van der Waals surface area contributed by atoms with Gasteiger partial charge in [0.1, 0.15) is 17.1 Å². The number of amides is 1. The molecule has 1 amide bonds. The highest BCUT2D eigenvalue weighted by Crippen LogP contribution is 2.35. The molecule has 0 aromatic carbocycles. The molecule has 4 rings (SSSR count). The van der Waals surface area contributed by atoms with Crippen LogP contribution in [0.25, 0.3) is 5.65 Å². The number of aryl methyl sites for hydroxylation is 2. The van der Waals surface area contributed by atoms with Crippen LogP contribution in [0.4, 0.5) is 5.69 Å². The Morgan fingerprint density at radius 3 is 2.92 bits per heavy atom. The van der Waals surface area contributed by atoms with Crippen LogP contribution in [0.3, 0.4) is 0 Å². The summed E-state index contributed by atoms with van der Waals surface area (Å²) in [5.41, 5.74) is 2.62. The van der Waals surface area contributed by atoms with Crippen LogP contribution >= 0.6 is 0 Å². The second-order valence-corrected chi connectivity index (χ2v) is 6.21. The predicted molar refractivity (Wildman–Crippen MR) is 88.2 cm³/mol. The molecule has 124 valence electrons. The normalized spacial score (nSPS) is 14.8. The van der Waals surface area contributed by atoms with E-state index < -0.39 is 0 Å². The third kappa shape index (κ3) is 2.36. The van der Waals surface area contributed by atoms with Crippen molar-refractivity contribution in [3.8, 4) is 0 Å². The van der Waals surface area contributed by atoms with E-state index in [1.54, 1.807) is 6.92 Å². The molecule has 1 aliphatic rings. The number of pyridine rings is 1. The molecule has 1 saturated carbocycles. The first-order valence-electron chi connectivity index (χ1n) is 8.28. The number of rotatable bonds is 4. The van der Waals surface area contributed by atoms with Gasteiger partial charge in [0.05, 0.1) is 11.4 Å². The molecule has 7 nitrogen and oxygen atoms in total. The minimum atomic E-state index is -0.205. The van der Waals surface area contributed by atoms with Gasteiger partial charge in [-0.1, -0.05) is 18.5 Å². The number of carbonyl (C=O) groups is 1. The number of hydrogen-bond donors (Lipinski definition) is 1. The highest BCUT2D eigenvalue weighted by molar-refractivity contribution is 6.05. The quantitative estimate of drug-likeness (QED) is 0.796. The third-order valence-electron chi connectivity index (χ3n) is 4.64. The summed E-state index contributed by atoms with van der Waals surface area (Å²) < 4.78 is 7.17. The van der Waals surface area contributed by atoms with Gasteiger partial charge in [-0.05, 0) is 31.9 Å². The van der Waals surface area contributed by atoms with Gasteiger partial charge in [-0.3, -0.25) is 9.20 Å². The van der Waals surface area contributed by atoms with Crippen LogP contribution in [0.1, 0.15) is 59.7 Å². The number of hydrogen-bond acceptors (Lipinski definition) is 5. The molecule has 0 spiro atoms. The summed E-state index contributed by atoms with van der Waals surface area (Å²) in [6.45, 7) is 3.71. The summed E-state index contributed by atoms with van der Waals surface area (Å²) in [6.07, 6.45) is 6.05. The Morgan fingerprint density at radius 2 is 2.21 bits per heavy atom. The summed E-state index contributed by atoms with van der Waals surface area (Å²) in [6, 6.07) is 3.70. The van der Waals surface area contributed by atoms with Gasteiger partial charge in [0, 0.05) is 18.5 Å². The molecular weight excluding hydrogens is 306 g/mol. The molecule has 3 aromatic rings. The molecule has 0 bridgehead atoms. The van der Waals surface area contributed by atoms with Gasteiger partial charge in [0.25, 0.3) is 5.91 Å². The van der Waals surface area contributed by atoms with E-state index in [1.807, 2.05) is 29.7 Å². The molecule has 1 N–H and O–H groups in total. The minimum absolute atomic E-state index is 0.205.